The van der Waals surface area contributed by atoms with E-state index < -0.39 is 29.6 Å². The van der Waals surface area contributed by atoms with Gasteiger partial charge in [-0.1, -0.05) is 24.3 Å². The summed E-state index contributed by atoms with van der Waals surface area (Å²) >= 11 is 0. The van der Waals surface area contributed by atoms with Crippen molar-refractivity contribution in [2.75, 3.05) is 19.1 Å². The zero-order chi connectivity index (χ0) is 23.9. The van der Waals surface area contributed by atoms with Crippen LogP contribution in [0.5, 0.6) is 0 Å². The molecular weight excluding hydrogens is 426 g/mol. The van der Waals surface area contributed by atoms with E-state index in [1.807, 2.05) is 19.1 Å². The number of ether oxygens (including phenoxy) is 2. The Morgan fingerprint density at radius 2 is 1.55 bits per heavy atom. The lowest BCUT2D eigenvalue weighted by molar-refractivity contribution is -0.118. The Kier molecular flexibility index (Phi) is 5.76. The SMILES string of the molecule is COC(=O)c1cc(C(=O)OC)cc(N2C(=O)C(O)=C(C(=O)C3CC3)[C@@H]2c2ccccc2C)c1. The largest absolute Gasteiger partial charge is 0.503 e. The van der Waals surface area contributed by atoms with Crippen LogP contribution in [-0.4, -0.2) is 43.0 Å². The molecule has 1 amide bonds. The van der Waals surface area contributed by atoms with E-state index in [4.69, 9.17) is 9.47 Å². The predicted molar refractivity (Wildman–Crippen MR) is 118 cm³/mol. The van der Waals surface area contributed by atoms with Crippen molar-refractivity contribution in [3.8, 4) is 0 Å². The van der Waals surface area contributed by atoms with Gasteiger partial charge in [0.15, 0.2) is 11.5 Å². The van der Waals surface area contributed by atoms with E-state index in [0.717, 1.165) is 5.56 Å². The van der Waals surface area contributed by atoms with Crippen molar-refractivity contribution in [1.29, 1.82) is 0 Å². The fourth-order valence-electron chi connectivity index (χ4n) is 4.10. The number of anilines is 1. The lowest BCUT2D eigenvalue weighted by Crippen LogP contribution is -2.32. The molecule has 0 aromatic heterocycles. The van der Waals surface area contributed by atoms with Gasteiger partial charge in [0, 0.05) is 11.6 Å². The van der Waals surface area contributed by atoms with Crippen LogP contribution >= 0.6 is 0 Å². The molecule has 0 saturated heterocycles. The second-order valence-corrected chi connectivity index (χ2v) is 8.09. The third-order valence-corrected chi connectivity index (χ3v) is 5.94. The highest BCUT2D eigenvalue weighted by Gasteiger charge is 2.48. The van der Waals surface area contributed by atoms with Crippen LogP contribution in [0.2, 0.25) is 0 Å². The lowest BCUT2D eigenvalue weighted by atomic mass is 9.91. The molecule has 1 aliphatic heterocycles. The lowest BCUT2D eigenvalue weighted by Gasteiger charge is -2.28. The van der Waals surface area contributed by atoms with Crippen LogP contribution in [0.4, 0.5) is 5.69 Å². The minimum atomic E-state index is -0.912. The van der Waals surface area contributed by atoms with Gasteiger partial charge >= 0.3 is 11.9 Å². The minimum Gasteiger partial charge on any atom is -0.503 e. The molecule has 1 aliphatic carbocycles. The fraction of sp³-hybridized carbons (Fsp3) is 0.280. The number of nitrogens with zero attached hydrogens (tertiary/aromatic N) is 1. The molecule has 33 heavy (non-hydrogen) atoms. The maximum Gasteiger partial charge on any atom is 0.337 e. The molecule has 8 heteroatoms. The van der Waals surface area contributed by atoms with Gasteiger partial charge in [0.25, 0.3) is 5.91 Å². The van der Waals surface area contributed by atoms with Crippen molar-refractivity contribution in [3.63, 3.8) is 0 Å². The molecule has 8 nitrogen and oxygen atoms in total. The molecule has 1 fully saturated rings. The molecular formula is C25H23NO7. The summed E-state index contributed by atoms with van der Waals surface area (Å²) in [5, 5.41) is 10.8. The van der Waals surface area contributed by atoms with E-state index in [1.54, 1.807) is 12.1 Å². The number of benzene rings is 2. The van der Waals surface area contributed by atoms with Crippen LogP contribution in [0.15, 0.2) is 53.8 Å². The summed E-state index contributed by atoms with van der Waals surface area (Å²) in [5.41, 5.74) is 1.69. The predicted octanol–water partition coefficient (Wildman–Crippen LogP) is 3.45. The van der Waals surface area contributed by atoms with Crippen molar-refractivity contribution in [1.82, 2.24) is 0 Å². The van der Waals surface area contributed by atoms with Crippen LogP contribution in [-0.2, 0) is 19.1 Å². The number of rotatable bonds is 6. The summed E-state index contributed by atoms with van der Waals surface area (Å²) in [6, 6.07) is 10.4. The zero-order valence-corrected chi connectivity index (χ0v) is 18.5. The quantitative estimate of drug-likeness (QED) is 0.673. The molecule has 4 rings (SSSR count). The van der Waals surface area contributed by atoms with Gasteiger partial charge in [-0.15, -0.1) is 0 Å². The highest BCUT2D eigenvalue weighted by atomic mass is 16.5. The van der Waals surface area contributed by atoms with E-state index in [2.05, 4.69) is 0 Å². The number of methoxy groups -OCH3 is 2. The number of hydrogen-bond acceptors (Lipinski definition) is 7. The number of hydrogen-bond donors (Lipinski definition) is 1. The van der Waals surface area contributed by atoms with Crippen LogP contribution < -0.4 is 4.90 Å². The highest BCUT2D eigenvalue weighted by molar-refractivity contribution is 6.17. The van der Waals surface area contributed by atoms with Crippen LogP contribution in [0.1, 0.15) is 50.7 Å². The van der Waals surface area contributed by atoms with Crippen LogP contribution in [0, 0.1) is 12.8 Å². The number of aryl methyl sites for hydroxylation is 1. The number of amides is 1. The number of esters is 2. The fourth-order valence-corrected chi connectivity index (χ4v) is 4.10. The van der Waals surface area contributed by atoms with Gasteiger partial charge in [-0.05, 0) is 49.1 Å². The number of aliphatic hydroxyl groups is 1. The Bertz CT molecular complexity index is 1170. The number of aliphatic hydroxyl groups excluding tert-OH is 1. The molecule has 0 bridgehead atoms. The third kappa shape index (κ3) is 3.88. The van der Waals surface area contributed by atoms with Gasteiger partial charge in [0.1, 0.15) is 0 Å². The molecule has 170 valence electrons. The van der Waals surface area contributed by atoms with E-state index in [1.165, 1.54) is 37.3 Å². The topological polar surface area (TPSA) is 110 Å². The first-order valence-electron chi connectivity index (χ1n) is 10.5. The molecule has 2 aromatic rings. The van der Waals surface area contributed by atoms with Gasteiger partial charge in [-0.2, -0.15) is 0 Å². The first kappa shape index (κ1) is 22.3. The third-order valence-electron chi connectivity index (χ3n) is 5.94. The summed E-state index contributed by atoms with van der Waals surface area (Å²) in [5.74, 6) is -3.34. The summed E-state index contributed by atoms with van der Waals surface area (Å²) in [6.45, 7) is 1.84. The molecule has 1 N–H and O–H groups in total. The number of ketones is 1. The van der Waals surface area contributed by atoms with Crippen molar-refractivity contribution in [2.24, 2.45) is 5.92 Å². The Labute approximate surface area is 190 Å². The average molecular weight is 449 g/mol. The molecule has 2 aromatic carbocycles. The van der Waals surface area contributed by atoms with Gasteiger partial charge in [0.05, 0.1) is 37.0 Å². The Hall–Kier alpha value is -3.94. The number of Topliss-reactive ketones (excluding diaryl/α,β-unsaturated/α-hetero) is 1. The standard InChI is InChI=1S/C25H23NO7/c1-13-6-4-5-7-18(13)20-19(21(27)14-8-9-14)22(28)23(29)26(20)17-11-15(24(30)32-2)10-16(12-17)25(31)33-3/h4-7,10-12,14,20,28H,8-9H2,1-3H3/t20-/m0/s1. The molecule has 0 radical (unpaired) electrons. The average Bonchev–Trinajstić information content (AvgIpc) is 3.64. The molecule has 1 heterocycles. The van der Waals surface area contributed by atoms with Gasteiger partial charge in [-0.25, -0.2) is 9.59 Å². The summed E-state index contributed by atoms with van der Waals surface area (Å²) < 4.78 is 9.58. The molecule has 0 spiro atoms. The molecule has 0 unspecified atom stereocenters. The summed E-state index contributed by atoms with van der Waals surface area (Å²) in [4.78, 5) is 52.2. The van der Waals surface area contributed by atoms with E-state index in [9.17, 15) is 24.3 Å². The van der Waals surface area contributed by atoms with E-state index in [-0.39, 0.29) is 34.1 Å². The van der Waals surface area contributed by atoms with E-state index >= 15 is 0 Å². The number of carbonyl (C=O) groups is 4. The first-order valence-corrected chi connectivity index (χ1v) is 10.5. The van der Waals surface area contributed by atoms with Crippen LogP contribution in [0.3, 0.4) is 0 Å². The summed E-state index contributed by atoms with van der Waals surface area (Å²) in [6.07, 6.45) is 1.41. The Morgan fingerprint density at radius 1 is 0.970 bits per heavy atom. The van der Waals surface area contributed by atoms with Gasteiger partial charge < -0.3 is 14.6 Å². The van der Waals surface area contributed by atoms with Crippen molar-refractivity contribution in [2.45, 2.75) is 25.8 Å². The van der Waals surface area contributed by atoms with Gasteiger partial charge in [-0.3, -0.25) is 14.5 Å². The molecule has 1 atom stereocenters. The number of carbonyl (C=O) groups excluding carboxylic acids is 4. The molecule has 1 saturated carbocycles. The van der Waals surface area contributed by atoms with Crippen molar-refractivity contribution in [3.05, 3.63) is 76.1 Å². The maximum absolute atomic E-state index is 13.3. The monoisotopic (exact) mass is 449 g/mol. The van der Waals surface area contributed by atoms with Gasteiger partial charge in [0.2, 0.25) is 0 Å². The second-order valence-electron chi connectivity index (χ2n) is 8.09. The second kappa shape index (κ2) is 8.54. The Morgan fingerprint density at radius 3 is 2.06 bits per heavy atom. The maximum atomic E-state index is 13.3. The minimum absolute atomic E-state index is 0.0215. The highest BCUT2D eigenvalue weighted by Crippen LogP contribution is 2.46. The normalized spacial score (nSPS) is 17.8. The smallest absolute Gasteiger partial charge is 0.337 e. The van der Waals surface area contributed by atoms with Crippen molar-refractivity contribution >= 4 is 29.3 Å². The zero-order valence-electron chi connectivity index (χ0n) is 18.5. The van der Waals surface area contributed by atoms with Crippen molar-refractivity contribution < 1.29 is 33.8 Å². The van der Waals surface area contributed by atoms with Crippen LogP contribution in [0.25, 0.3) is 0 Å². The Balaban J connectivity index is 1.93. The van der Waals surface area contributed by atoms with E-state index in [0.29, 0.717) is 18.4 Å². The summed E-state index contributed by atoms with van der Waals surface area (Å²) in [7, 11) is 2.40. The molecule has 2 aliphatic rings. The first-order chi connectivity index (χ1) is 15.8.